The highest BCUT2D eigenvalue weighted by atomic mass is 19.1. The molecule has 96 valence electrons. The Morgan fingerprint density at radius 3 is 2.18 bits per heavy atom. The van der Waals surface area contributed by atoms with Crippen molar-refractivity contribution >= 4 is 0 Å². The van der Waals surface area contributed by atoms with Crippen molar-refractivity contribution in [1.82, 2.24) is 5.32 Å². The number of aliphatic hydroxyl groups is 1. The Morgan fingerprint density at radius 1 is 1.18 bits per heavy atom. The lowest BCUT2D eigenvalue weighted by Crippen LogP contribution is -2.34. The second-order valence-corrected chi connectivity index (χ2v) is 4.59. The van der Waals surface area contributed by atoms with E-state index in [9.17, 15) is 13.9 Å². The molecule has 0 heterocycles. The van der Waals surface area contributed by atoms with Gasteiger partial charge in [0.05, 0.1) is 11.7 Å². The van der Waals surface area contributed by atoms with Crippen LogP contribution in [0.25, 0.3) is 0 Å². The van der Waals surface area contributed by atoms with Crippen LogP contribution in [-0.2, 0) is 0 Å². The van der Waals surface area contributed by atoms with Gasteiger partial charge in [0.2, 0.25) is 0 Å². The van der Waals surface area contributed by atoms with Crippen LogP contribution in [0, 0.1) is 17.6 Å². The standard InChI is InChI=1S/C13H19F2NO/c1-8(2)9(3)16-7-12(17)13-10(14)5-4-6-11(13)15/h4-6,8-9,12,16-17H,7H2,1-3H3. The lowest BCUT2D eigenvalue weighted by molar-refractivity contribution is 0.158. The Hall–Kier alpha value is -1.00. The van der Waals surface area contributed by atoms with E-state index in [-0.39, 0.29) is 18.2 Å². The van der Waals surface area contributed by atoms with Crippen molar-refractivity contribution in [2.75, 3.05) is 6.54 Å². The van der Waals surface area contributed by atoms with Crippen molar-refractivity contribution in [1.29, 1.82) is 0 Å². The number of hydrogen-bond acceptors (Lipinski definition) is 2. The fraction of sp³-hybridized carbons (Fsp3) is 0.538. The molecule has 2 unspecified atom stereocenters. The van der Waals surface area contributed by atoms with Gasteiger partial charge in [0.1, 0.15) is 11.6 Å². The van der Waals surface area contributed by atoms with Gasteiger partial charge in [-0.1, -0.05) is 19.9 Å². The van der Waals surface area contributed by atoms with Gasteiger partial charge in [-0.25, -0.2) is 8.78 Å². The van der Waals surface area contributed by atoms with Crippen LogP contribution in [-0.4, -0.2) is 17.7 Å². The van der Waals surface area contributed by atoms with Crippen LogP contribution in [0.1, 0.15) is 32.4 Å². The first-order valence-corrected chi connectivity index (χ1v) is 5.78. The minimum Gasteiger partial charge on any atom is -0.387 e. The molecular weight excluding hydrogens is 224 g/mol. The Balaban J connectivity index is 2.67. The molecule has 17 heavy (non-hydrogen) atoms. The summed E-state index contributed by atoms with van der Waals surface area (Å²) in [5.41, 5.74) is -0.268. The highest BCUT2D eigenvalue weighted by Gasteiger charge is 2.18. The highest BCUT2D eigenvalue weighted by molar-refractivity contribution is 5.22. The summed E-state index contributed by atoms with van der Waals surface area (Å²) in [6, 6.07) is 3.76. The van der Waals surface area contributed by atoms with E-state index in [1.165, 1.54) is 6.07 Å². The van der Waals surface area contributed by atoms with Crippen LogP contribution in [0.15, 0.2) is 18.2 Å². The average molecular weight is 243 g/mol. The molecule has 0 aliphatic heterocycles. The maximum absolute atomic E-state index is 13.4. The number of hydrogen-bond donors (Lipinski definition) is 2. The van der Waals surface area contributed by atoms with Gasteiger partial charge in [0, 0.05) is 12.6 Å². The molecule has 0 aromatic heterocycles. The fourth-order valence-corrected chi connectivity index (χ4v) is 1.46. The van der Waals surface area contributed by atoms with Crippen molar-refractivity contribution in [3.63, 3.8) is 0 Å². The summed E-state index contributed by atoms with van der Waals surface area (Å²) in [7, 11) is 0. The fourth-order valence-electron chi connectivity index (χ4n) is 1.46. The van der Waals surface area contributed by atoms with E-state index < -0.39 is 17.7 Å². The molecule has 0 fully saturated rings. The van der Waals surface area contributed by atoms with Crippen LogP contribution in [0.3, 0.4) is 0 Å². The van der Waals surface area contributed by atoms with Crippen LogP contribution < -0.4 is 5.32 Å². The van der Waals surface area contributed by atoms with Crippen molar-refractivity contribution in [2.45, 2.75) is 32.9 Å². The van der Waals surface area contributed by atoms with Crippen LogP contribution in [0.2, 0.25) is 0 Å². The number of aliphatic hydroxyl groups excluding tert-OH is 1. The molecular formula is C13H19F2NO. The molecule has 0 saturated heterocycles. The number of benzene rings is 1. The largest absolute Gasteiger partial charge is 0.387 e. The predicted molar refractivity (Wildman–Crippen MR) is 63.6 cm³/mol. The molecule has 1 aromatic rings. The Morgan fingerprint density at radius 2 is 1.71 bits per heavy atom. The molecule has 2 nitrogen and oxygen atoms in total. The van der Waals surface area contributed by atoms with E-state index in [0.29, 0.717) is 5.92 Å². The normalized spacial score (nSPS) is 15.0. The summed E-state index contributed by atoms with van der Waals surface area (Å²) in [5, 5.41) is 12.8. The summed E-state index contributed by atoms with van der Waals surface area (Å²) < 4.78 is 26.7. The molecule has 0 aliphatic carbocycles. The monoisotopic (exact) mass is 243 g/mol. The van der Waals surface area contributed by atoms with Gasteiger partial charge < -0.3 is 10.4 Å². The van der Waals surface area contributed by atoms with E-state index in [1.807, 2.05) is 20.8 Å². The third kappa shape index (κ3) is 3.75. The Labute approximate surface area is 101 Å². The third-order valence-corrected chi connectivity index (χ3v) is 2.97. The summed E-state index contributed by atoms with van der Waals surface area (Å²) in [6.45, 7) is 6.17. The highest BCUT2D eigenvalue weighted by Crippen LogP contribution is 2.20. The third-order valence-electron chi connectivity index (χ3n) is 2.97. The predicted octanol–water partition coefficient (Wildman–Crippen LogP) is 2.63. The molecule has 4 heteroatoms. The van der Waals surface area contributed by atoms with Crippen LogP contribution >= 0.6 is 0 Å². The van der Waals surface area contributed by atoms with E-state index >= 15 is 0 Å². The average Bonchev–Trinajstić information content (AvgIpc) is 2.25. The Bertz CT molecular complexity index is 348. The van der Waals surface area contributed by atoms with E-state index in [1.54, 1.807) is 0 Å². The summed E-state index contributed by atoms with van der Waals surface area (Å²) >= 11 is 0. The summed E-state index contributed by atoms with van der Waals surface area (Å²) in [4.78, 5) is 0. The topological polar surface area (TPSA) is 32.3 Å². The van der Waals surface area contributed by atoms with Gasteiger partial charge in [-0.3, -0.25) is 0 Å². The summed E-state index contributed by atoms with van der Waals surface area (Å²) in [6.07, 6.45) is -1.17. The lowest BCUT2D eigenvalue weighted by atomic mass is 10.0. The van der Waals surface area contributed by atoms with E-state index in [2.05, 4.69) is 5.32 Å². The van der Waals surface area contributed by atoms with Crippen molar-refractivity contribution in [3.8, 4) is 0 Å². The number of halogens is 2. The zero-order valence-electron chi connectivity index (χ0n) is 10.4. The Kier molecular flexibility index (Phi) is 5.02. The molecule has 2 N–H and O–H groups in total. The summed E-state index contributed by atoms with van der Waals surface area (Å²) in [5.74, 6) is -1.03. The van der Waals surface area contributed by atoms with Gasteiger partial charge in [0.25, 0.3) is 0 Å². The molecule has 0 spiro atoms. The molecule has 1 aromatic carbocycles. The van der Waals surface area contributed by atoms with Gasteiger partial charge >= 0.3 is 0 Å². The first-order valence-electron chi connectivity index (χ1n) is 5.78. The quantitative estimate of drug-likeness (QED) is 0.833. The van der Waals surface area contributed by atoms with Gasteiger partial charge in [-0.05, 0) is 25.0 Å². The molecule has 2 atom stereocenters. The molecule has 0 aliphatic rings. The maximum atomic E-state index is 13.4. The minimum absolute atomic E-state index is 0.136. The smallest absolute Gasteiger partial charge is 0.131 e. The number of nitrogens with one attached hydrogen (secondary N) is 1. The van der Waals surface area contributed by atoms with Crippen molar-refractivity contribution < 1.29 is 13.9 Å². The van der Waals surface area contributed by atoms with Gasteiger partial charge in [-0.15, -0.1) is 0 Å². The van der Waals surface area contributed by atoms with Crippen molar-refractivity contribution in [2.24, 2.45) is 5.92 Å². The molecule has 0 saturated carbocycles. The molecule has 0 amide bonds. The molecule has 0 bridgehead atoms. The van der Waals surface area contributed by atoms with E-state index in [4.69, 9.17) is 0 Å². The zero-order chi connectivity index (χ0) is 13.0. The lowest BCUT2D eigenvalue weighted by Gasteiger charge is -2.20. The van der Waals surface area contributed by atoms with Crippen molar-refractivity contribution in [3.05, 3.63) is 35.4 Å². The minimum atomic E-state index is -1.17. The second kappa shape index (κ2) is 6.07. The van der Waals surface area contributed by atoms with Gasteiger partial charge in [0.15, 0.2) is 0 Å². The maximum Gasteiger partial charge on any atom is 0.131 e. The van der Waals surface area contributed by atoms with E-state index in [0.717, 1.165) is 12.1 Å². The first-order chi connectivity index (χ1) is 7.93. The number of rotatable bonds is 5. The first kappa shape index (κ1) is 14.1. The van der Waals surface area contributed by atoms with Crippen LogP contribution in [0.5, 0.6) is 0 Å². The molecule has 1 rings (SSSR count). The zero-order valence-corrected chi connectivity index (χ0v) is 10.4. The second-order valence-electron chi connectivity index (χ2n) is 4.59. The van der Waals surface area contributed by atoms with Crippen LogP contribution in [0.4, 0.5) is 8.78 Å². The molecule has 0 radical (unpaired) electrons. The van der Waals surface area contributed by atoms with Gasteiger partial charge in [-0.2, -0.15) is 0 Å². The SMILES string of the molecule is CC(C)C(C)NCC(O)c1c(F)cccc1F.